The van der Waals surface area contributed by atoms with E-state index in [1.54, 1.807) is 12.4 Å². The molecule has 84 valence electrons. The molecule has 2 aromatic rings. The second kappa shape index (κ2) is 4.22. The molecule has 1 aliphatic rings. The Morgan fingerprint density at radius 2 is 2.31 bits per heavy atom. The second-order valence-corrected chi connectivity index (χ2v) is 4.46. The van der Waals surface area contributed by atoms with Crippen molar-refractivity contribution in [1.82, 2.24) is 19.7 Å². The fourth-order valence-electron chi connectivity index (χ4n) is 1.95. The van der Waals surface area contributed by atoms with Gasteiger partial charge in [-0.3, -0.25) is 9.38 Å². The molecule has 4 heteroatoms. The molecule has 2 aromatic heterocycles. The van der Waals surface area contributed by atoms with E-state index in [1.807, 2.05) is 12.4 Å². The zero-order valence-electron chi connectivity index (χ0n) is 9.26. The summed E-state index contributed by atoms with van der Waals surface area (Å²) in [6.45, 7) is 2.00. The quantitative estimate of drug-likeness (QED) is 0.772. The van der Waals surface area contributed by atoms with Crippen molar-refractivity contribution in [3.63, 3.8) is 0 Å². The summed E-state index contributed by atoms with van der Waals surface area (Å²) in [6, 6.07) is 0. The molecule has 0 atom stereocenters. The monoisotopic (exact) mass is 216 g/mol. The second-order valence-electron chi connectivity index (χ2n) is 4.46. The first-order chi connectivity index (χ1) is 7.93. The summed E-state index contributed by atoms with van der Waals surface area (Å²) in [5.41, 5.74) is 2.12. The van der Waals surface area contributed by atoms with E-state index in [4.69, 9.17) is 0 Å². The van der Waals surface area contributed by atoms with Crippen molar-refractivity contribution in [2.24, 2.45) is 5.92 Å². The number of aromatic nitrogens is 3. The van der Waals surface area contributed by atoms with Crippen molar-refractivity contribution in [2.75, 3.05) is 6.54 Å². The number of hydrogen-bond donors (Lipinski definition) is 1. The zero-order chi connectivity index (χ0) is 10.8. The lowest BCUT2D eigenvalue weighted by atomic mass is 10.3. The van der Waals surface area contributed by atoms with Crippen molar-refractivity contribution >= 4 is 5.65 Å². The predicted molar refractivity (Wildman–Crippen MR) is 62.0 cm³/mol. The van der Waals surface area contributed by atoms with Crippen molar-refractivity contribution < 1.29 is 0 Å². The molecule has 0 saturated heterocycles. The van der Waals surface area contributed by atoms with Gasteiger partial charge < -0.3 is 5.32 Å². The first-order valence-corrected chi connectivity index (χ1v) is 5.90. The summed E-state index contributed by atoms with van der Waals surface area (Å²) in [4.78, 5) is 8.36. The lowest BCUT2D eigenvalue weighted by Gasteiger charge is -2.03. The molecule has 1 saturated carbocycles. The van der Waals surface area contributed by atoms with Crippen LogP contribution in [0.25, 0.3) is 5.65 Å². The van der Waals surface area contributed by atoms with Gasteiger partial charge in [-0.2, -0.15) is 0 Å². The molecule has 2 heterocycles. The molecule has 1 fully saturated rings. The molecule has 16 heavy (non-hydrogen) atoms. The van der Waals surface area contributed by atoms with Gasteiger partial charge in [-0.1, -0.05) is 12.8 Å². The number of fused-ring (bicyclic) bond motifs is 1. The summed E-state index contributed by atoms with van der Waals surface area (Å²) in [5.74, 6) is 0.999. The Labute approximate surface area is 94.7 Å². The highest BCUT2D eigenvalue weighted by Gasteiger charge is 2.19. The maximum Gasteiger partial charge on any atom is 0.155 e. The highest BCUT2D eigenvalue weighted by Crippen LogP contribution is 2.31. The Morgan fingerprint density at radius 3 is 3.19 bits per heavy atom. The summed E-state index contributed by atoms with van der Waals surface area (Å²) in [5, 5.41) is 3.47. The van der Waals surface area contributed by atoms with Gasteiger partial charge in [-0.05, 0) is 18.9 Å². The van der Waals surface area contributed by atoms with E-state index in [0.717, 1.165) is 24.7 Å². The van der Waals surface area contributed by atoms with Crippen LogP contribution >= 0.6 is 0 Å². The first kappa shape index (κ1) is 9.78. The van der Waals surface area contributed by atoms with Crippen LogP contribution in [0.5, 0.6) is 0 Å². The summed E-state index contributed by atoms with van der Waals surface area (Å²) < 4.78 is 2.08. The van der Waals surface area contributed by atoms with E-state index in [2.05, 4.69) is 19.7 Å². The number of hydrogen-bond acceptors (Lipinski definition) is 3. The molecule has 0 amide bonds. The van der Waals surface area contributed by atoms with Gasteiger partial charge in [-0.25, -0.2) is 4.98 Å². The predicted octanol–water partition coefficient (Wildman–Crippen LogP) is 1.62. The van der Waals surface area contributed by atoms with Crippen LogP contribution in [0, 0.1) is 5.92 Å². The van der Waals surface area contributed by atoms with Crippen molar-refractivity contribution in [1.29, 1.82) is 0 Å². The number of nitrogens with one attached hydrogen (secondary N) is 1. The highest BCUT2D eigenvalue weighted by molar-refractivity contribution is 5.36. The van der Waals surface area contributed by atoms with E-state index in [-0.39, 0.29) is 0 Å². The minimum Gasteiger partial charge on any atom is -0.311 e. The Balaban J connectivity index is 1.60. The maximum absolute atomic E-state index is 4.31. The van der Waals surface area contributed by atoms with Crippen LogP contribution in [-0.4, -0.2) is 20.9 Å². The third-order valence-electron chi connectivity index (χ3n) is 3.13. The molecule has 1 N–H and O–H groups in total. The van der Waals surface area contributed by atoms with Gasteiger partial charge in [0.1, 0.15) is 0 Å². The van der Waals surface area contributed by atoms with Gasteiger partial charge in [0, 0.05) is 18.9 Å². The van der Waals surface area contributed by atoms with Crippen LogP contribution in [0.4, 0.5) is 0 Å². The third kappa shape index (κ3) is 2.07. The Morgan fingerprint density at radius 1 is 1.38 bits per heavy atom. The summed E-state index contributed by atoms with van der Waals surface area (Å²) in [7, 11) is 0. The van der Waals surface area contributed by atoms with Gasteiger partial charge in [-0.15, -0.1) is 0 Å². The third-order valence-corrected chi connectivity index (χ3v) is 3.13. The van der Waals surface area contributed by atoms with Crippen LogP contribution in [0.3, 0.4) is 0 Å². The smallest absolute Gasteiger partial charge is 0.155 e. The lowest BCUT2D eigenvalue weighted by molar-refractivity contribution is 0.605. The van der Waals surface area contributed by atoms with E-state index in [0.29, 0.717) is 0 Å². The normalized spacial score (nSPS) is 15.8. The van der Waals surface area contributed by atoms with Gasteiger partial charge in [0.05, 0.1) is 18.1 Å². The van der Waals surface area contributed by atoms with Crippen molar-refractivity contribution in [3.8, 4) is 0 Å². The van der Waals surface area contributed by atoms with Crippen molar-refractivity contribution in [3.05, 3.63) is 30.5 Å². The van der Waals surface area contributed by atoms with Crippen LogP contribution in [0.15, 0.2) is 24.8 Å². The fraction of sp³-hybridized carbons (Fsp3) is 0.500. The molecule has 0 radical (unpaired) electrons. The zero-order valence-corrected chi connectivity index (χ0v) is 9.26. The number of nitrogens with zero attached hydrogens (tertiary/aromatic N) is 3. The van der Waals surface area contributed by atoms with E-state index in [9.17, 15) is 0 Å². The minimum absolute atomic E-state index is 0.887. The SMILES string of the molecule is c1cn2c(CNCCC3CC3)cnc2cn1. The van der Waals surface area contributed by atoms with Crippen LogP contribution < -0.4 is 5.32 Å². The number of imidazole rings is 1. The Hall–Kier alpha value is -1.42. The van der Waals surface area contributed by atoms with E-state index < -0.39 is 0 Å². The molecule has 1 aliphatic carbocycles. The van der Waals surface area contributed by atoms with Crippen molar-refractivity contribution in [2.45, 2.75) is 25.8 Å². The van der Waals surface area contributed by atoms with Crippen LogP contribution in [-0.2, 0) is 6.54 Å². The molecule has 0 bridgehead atoms. The molecule has 3 rings (SSSR count). The molecule has 0 unspecified atom stereocenters. The van der Waals surface area contributed by atoms with E-state index >= 15 is 0 Å². The summed E-state index contributed by atoms with van der Waals surface area (Å²) in [6.07, 6.45) is 11.6. The number of rotatable bonds is 5. The lowest BCUT2D eigenvalue weighted by Crippen LogP contribution is -2.16. The largest absolute Gasteiger partial charge is 0.311 e. The van der Waals surface area contributed by atoms with Crippen LogP contribution in [0.1, 0.15) is 25.0 Å². The minimum atomic E-state index is 0.887. The standard InChI is InChI=1S/C12H16N4/c1-2-10(1)3-4-13-7-11-8-15-12-9-14-5-6-16(11)12/h5-6,8-10,13H,1-4,7H2. The topological polar surface area (TPSA) is 42.2 Å². The van der Waals surface area contributed by atoms with Gasteiger partial charge in [0.2, 0.25) is 0 Å². The highest BCUT2D eigenvalue weighted by atomic mass is 15.0. The molecule has 0 aliphatic heterocycles. The van der Waals surface area contributed by atoms with Gasteiger partial charge in [0.15, 0.2) is 5.65 Å². The van der Waals surface area contributed by atoms with Gasteiger partial charge >= 0.3 is 0 Å². The summed E-state index contributed by atoms with van der Waals surface area (Å²) >= 11 is 0. The molecule has 0 spiro atoms. The Kier molecular flexibility index (Phi) is 2.58. The molecular formula is C12H16N4. The average Bonchev–Trinajstić information content (AvgIpc) is 3.05. The average molecular weight is 216 g/mol. The Bertz CT molecular complexity index is 473. The van der Waals surface area contributed by atoms with E-state index in [1.165, 1.54) is 25.0 Å². The molecule has 4 nitrogen and oxygen atoms in total. The maximum atomic E-state index is 4.31. The van der Waals surface area contributed by atoms with Crippen LogP contribution in [0.2, 0.25) is 0 Å². The molecule has 0 aromatic carbocycles. The van der Waals surface area contributed by atoms with Gasteiger partial charge in [0.25, 0.3) is 0 Å². The fourth-order valence-corrected chi connectivity index (χ4v) is 1.95. The first-order valence-electron chi connectivity index (χ1n) is 5.90. The molecular weight excluding hydrogens is 200 g/mol.